The number of halogens is 3. The molecule has 4 heterocycles. The third-order valence-corrected chi connectivity index (χ3v) is 7.08. The molecule has 3 aromatic heterocycles. The molecule has 2 atom stereocenters. The molecule has 0 radical (unpaired) electrons. The van der Waals surface area contributed by atoms with E-state index in [1.165, 1.54) is 16.7 Å². The van der Waals surface area contributed by atoms with E-state index in [0.717, 1.165) is 16.1 Å². The summed E-state index contributed by atoms with van der Waals surface area (Å²) in [4.78, 5) is 19.3. The molecule has 0 spiro atoms. The minimum Gasteiger partial charge on any atom is -0.395 e. The summed E-state index contributed by atoms with van der Waals surface area (Å²) >= 11 is 1.33. The largest absolute Gasteiger partial charge is 0.395 e. The number of H-pyrrole nitrogens is 1. The van der Waals surface area contributed by atoms with Gasteiger partial charge < -0.3 is 15.7 Å². The minimum absolute atomic E-state index is 0.214. The third kappa shape index (κ3) is 5.92. The molecule has 10 nitrogen and oxygen atoms in total. The molecule has 14 heteroatoms. The third-order valence-electron chi connectivity index (χ3n) is 6.22. The highest BCUT2D eigenvalue weighted by Gasteiger charge is 2.47. The Labute approximate surface area is 219 Å². The quantitative estimate of drug-likeness (QED) is 0.263. The van der Waals surface area contributed by atoms with Crippen LogP contribution in [-0.2, 0) is 4.79 Å². The van der Waals surface area contributed by atoms with Gasteiger partial charge in [-0.1, -0.05) is 0 Å². The first-order valence-electron chi connectivity index (χ1n) is 11.8. The molecule has 1 aliphatic rings. The number of rotatable bonds is 8. The lowest BCUT2D eigenvalue weighted by atomic mass is 10.1. The van der Waals surface area contributed by atoms with Crippen molar-refractivity contribution in [2.75, 3.05) is 30.3 Å². The van der Waals surface area contributed by atoms with Gasteiger partial charge in [-0.15, -0.1) is 5.10 Å². The number of carbonyl (C=O) groups excluding carboxylic acids is 1. The van der Waals surface area contributed by atoms with E-state index in [4.69, 9.17) is 0 Å². The van der Waals surface area contributed by atoms with E-state index in [2.05, 4.69) is 30.9 Å². The zero-order valence-corrected chi connectivity index (χ0v) is 21.1. The second-order valence-electron chi connectivity index (χ2n) is 9.06. The van der Waals surface area contributed by atoms with Crippen molar-refractivity contribution >= 4 is 40.5 Å². The highest BCUT2D eigenvalue weighted by Crippen LogP contribution is 2.36. The van der Waals surface area contributed by atoms with E-state index in [1.807, 2.05) is 31.3 Å². The predicted octanol–water partition coefficient (Wildman–Crippen LogP) is 3.84. The Morgan fingerprint density at radius 2 is 2.05 bits per heavy atom. The highest BCUT2D eigenvalue weighted by atomic mass is 32.2. The zero-order valence-electron chi connectivity index (χ0n) is 20.2. The number of nitrogens with zero attached hydrogens (tertiary/aromatic N) is 5. The second-order valence-corrected chi connectivity index (χ2v) is 10.1. The van der Waals surface area contributed by atoms with Gasteiger partial charge in [0.1, 0.15) is 5.52 Å². The van der Waals surface area contributed by atoms with Crippen LogP contribution in [0.3, 0.4) is 0 Å². The molecular formula is C24H25F3N8O2S. The first kappa shape index (κ1) is 26.0. The first-order chi connectivity index (χ1) is 18.2. The maximum Gasteiger partial charge on any atom is 0.393 e. The topological polar surface area (TPSA) is 123 Å². The van der Waals surface area contributed by atoms with Crippen LogP contribution in [0.25, 0.3) is 5.52 Å². The summed E-state index contributed by atoms with van der Waals surface area (Å²) in [6.45, 7) is 0.936. The lowest BCUT2D eigenvalue weighted by Gasteiger charge is -2.22. The summed E-state index contributed by atoms with van der Waals surface area (Å²) in [5, 5.41) is 27.5. The maximum absolute atomic E-state index is 13.1. The molecule has 0 unspecified atom stereocenters. The molecule has 1 saturated heterocycles. The van der Waals surface area contributed by atoms with Crippen LogP contribution >= 0.6 is 11.8 Å². The van der Waals surface area contributed by atoms with Crippen LogP contribution in [0.2, 0.25) is 0 Å². The van der Waals surface area contributed by atoms with Gasteiger partial charge in [0.2, 0.25) is 11.1 Å². The summed E-state index contributed by atoms with van der Waals surface area (Å²) in [5.41, 5.74) is 2.20. The monoisotopic (exact) mass is 546 g/mol. The van der Waals surface area contributed by atoms with E-state index < -0.39 is 30.7 Å². The van der Waals surface area contributed by atoms with Gasteiger partial charge in [-0.25, -0.2) is 9.50 Å². The summed E-state index contributed by atoms with van der Waals surface area (Å²) in [7, 11) is 0. The average Bonchev–Trinajstić information content (AvgIpc) is 3.60. The second kappa shape index (κ2) is 10.6. The van der Waals surface area contributed by atoms with Crippen LogP contribution < -0.4 is 10.6 Å². The Bertz CT molecular complexity index is 1420. The van der Waals surface area contributed by atoms with Gasteiger partial charge in [-0.3, -0.25) is 14.8 Å². The lowest BCUT2D eigenvalue weighted by molar-refractivity contribution is -0.170. The van der Waals surface area contributed by atoms with E-state index >= 15 is 0 Å². The van der Waals surface area contributed by atoms with Crippen LogP contribution in [0.4, 0.5) is 30.5 Å². The van der Waals surface area contributed by atoms with E-state index in [0.29, 0.717) is 22.5 Å². The lowest BCUT2D eigenvalue weighted by Crippen LogP contribution is -2.39. The molecule has 200 valence electrons. The molecule has 5 rings (SSSR count). The molecule has 1 aromatic carbocycles. The summed E-state index contributed by atoms with van der Waals surface area (Å²) in [6.07, 6.45) is -2.75. The number of hydrogen-bond donors (Lipinski definition) is 4. The number of nitrogens with one attached hydrogen (secondary N) is 3. The Balaban J connectivity index is 1.22. The number of amides is 1. The van der Waals surface area contributed by atoms with Gasteiger partial charge in [0.15, 0.2) is 11.6 Å². The number of aliphatic hydroxyl groups excluding tert-OH is 1. The van der Waals surface area contributed by atoms with Crippen LogP contribution in [0.15, 0.2) is 58.7 Å². The average molecular weight is 547 g/mol. The number of aromatic nitrogens is 5. The Hall–Kier alpha value is -3.62. The van der Waals surface area contributed by atoms with Crippen molar-refractivity contribution in [1.29, 1.82) is 0 Å². The van der Waals surface area contributed by atoms with Crippen molar-refractivity contribution in [3.05, 3.63) is 54.4 Å². The van der Waals surface area contributed by atoms with Crippen molar-refractivity contribution in [3.63, 3.8) is 0 Å². The highest BCUT2D eigenvalue weighted by molar-refractivity contribution is 7.99. The number of fused-ring (bicyclic) bond motifs is 1. The van der Waals surface area contributed by atoms with E-state index in [-0.39, 0.29) is 19.5 Å². The van der Waals surface area contributed by atoms with Gasteiger partial charge in [0.25, 0.3) is 0 Å². The molecule has 1 aliphatic heterocycles. The molecule has 0 saturated carbocycles. The van der Waals surface area contributed by atoms with Crippen LogP contribution in [-0.4, -0.2) is 72.6 Å². The standard InChI is InChI=1S/C24H25F3N8O2S/c1-14-9-20(32-31-14)29-22-19-3-2-8-35(19)33-23(30-22)38-18-6-4-16(5-7-18)28-21(37)12-34-11-15(24(25,26)27)10-17(34)13-36/h2-9,15,17,36H,10-13H2,1H3,(H,28,37)(H2,29,30,31,32,33)/t15-,17+/m1/s1. The summed E-state index contributed by atoms with van der Waals surface area (Å²) in [5.74, 6) is -0.763. The minimum atomic E-state index is -4.35. The number of hydrogen-bond acceptors (Lipinski definition) is 8. The molecule has 0 bridgehead atoms. The van der Waals surface area contributed by atoms with E-state index in [9.17, 15) is 23.1 Å². The number of anilines is 3. The van der Waals surface area contributed by atoms with Crippen molar-refractivity contribution in [2.45, 2.75) is 35.6 Å². The van der Waals surface area contributed by atoms with Gasteiger partial charge >= 0.3 is 6.18 Å². The van der Waals surface area contributed by atoms with Crippen LogP contribution in [0.5, 0.6) is 0 Å². The maximum atomic E-state index is 13.1. The van der Waals surface area contributed by atoms with Crippen LogP contribution in [0.1, 0.15) is 12.1 Å². The molecule has 4 N–H and O–H groups in total. The Morgan fingerprint density at radius 1 is 1.26 bits per heavy atom. The molecule has 1 fully saturated rings. The number of carbonyl (C=O) groups is 1. The predicted molar refractivity (Wildman–Crippen MR) is 135 cm³/mol. The smallest absolute Gasteiger partial charge is 0.393 e. The van der Waals surface area contributed by atoms with Crippen molar-refractivity contribution < 1.29 is 23.1 Å². The molecule has 4 aromatic rings. The van der Waals surface area contributed by atoms with Gasteiger partial charge in [-0.05, 0) is 61.5 Å². The van der Waals surface area contributed by atoms with Crippen molar-refractivity contribution in [2.24, 2.45) is 5.92 Å². The van der Waals surface area contributed by atoms with Crippen molar-refractivity contribution in [1.82, 2.24) is 29.7 Å². The molecule has 1 amide bonds. The number of benzene rings is 1. The van der Waals surface area contributed by atoms with Crippen molar-refractivity contribution in [3.8, 4) is 0 Å². The Morgan fingerprint density at radius 3 is 2.74 bits per heavy atom. The molecule has 0 aliphatic carbocycles. The number of alkyl halides is 3. The van der Waals surface area contributed by atoms with Gasteiger partial charge in [-0.2, -0.15) is 18.3 Å². The van der Waals surface area contributed by atoms with Crippen LogP contribution in [0, 0.1) is 12.8 Å². The van der Waals surface area contributed by atoms with Gasteiger partial charge in [0.05, 0.1) is 19.1 Å². The fourth-order valence-electron chi connectivity index (χ4n) is 4.35. The SMILES string of the molecule is Cc1cc(Nc2nc(Sc3ccc(NC(=O)CN4C[C@H](C(F)(F)F)C[C@H]4CO)cc3)nn3cccc23)n[nH]1. The zero-order chi connectivity index (χ0) is 26.9. The first-order valence-corrected chi connectivity index (χ1v) is 12.6. The fourth-order valence-corrected chi connectivity index (χ4v) is 5.10. The number of likely N-dealkylation sites (tertiary alicyclic amines) is 1. The number of aryl methyl sites for hydroxylation is 1. The van der Waals surface area contributed by atoms with E-state index in [1.54, 1.807) is 28.8 Å². The van der Waals surface area contributed by atoms with Gasteiger partial charge in [0, 0.05) is 41.1 Å². The Kier molecular flexibility index (Phi) is 7.27. The number of aromatic amines is 1. The number of aliphatic hydroxyl groups is 1. The summed E-state index contributed by atoms with van der Waals surface area (Å²) in [6, 6.07) is 11.9. The molecular weight excluding hydrogens is 521 g/mol. The molecule has 38 heavy (non-hydrogen) atoms. The summed E-state index contributed by atoms with van der Waals surface area (Å²) < 4.78 is 40.9. The normalized spacial score (nSPS) is 18.2. The fraction of sp³-hybridized carbons (Fsp3) is 0.333.